The van der Waals surface area contributed by atoms with Crippen LogP contribution in [0.5, 0.6) is 0 Å². The average molecular weight is 297 g/mol. The van der Waals surface area contributed by atoms with Crippen LogP contribution in [0, 0.1) is 5.82 Å². The molecule has 0 radical (unpaired) electrons. The number of hydrogen-bond donors (Lipinski definition) is 2. The highest BCUT2D eigenvalue weighted by Gasteiger charge is 2.18. The van der Waals surface area contributed by atoms with Gasteiger partial charge in [0.15, 0.2) is 5.82 Å². The van der Waals surface area contributed by atoms with E-state index in [1.54, 1.807) is 23.1 Å². The Bertz CT molecular complexity index is 646. The summed E-state index contributed by atoms with van der Waals surface area (Å²) >= 11 is 5.97. The summed E-state index contributed by atoms with van der Waals surface area (Å²) in [6.45, 7) is 0.847. The molecular weight excluding hydrogens is 283 g/mol. The molecule has 106 valence electrons. The van der Waals surface area contributed by atoms with Crippen LogP contribution in [-0.2, 0) is 0 Å². The molecule has 20 heavy (non-hydrogen) atoms. The number of aromatic amines is 1. The zero-order valence-electron chi connectivity index (χ0n) is 10.6. The number of hydrogen-bond acceptors (Lipinski definition) is 4. The summed E-state index contributed by atoms with van der Waals surface area (Å²) in [5.41, 5.74) is 5.34. The number of benzene rings is 1. The minimum atomic E-state index is -0.467. The van der Waals surface area contributed by atoms with Gasteiger partial charge in [-0.25, -0.2) is 9.37 Å². The van der Waals surface area contributed by atoms with Gasteiger partial charge in [0.1, 0.15) is 10.8 Å². The summed E-state index contributed by atoms with van der Waals surface area (Å²) in [4.78, 5) is 19.5. The van der Waals surface area contributed by atoms with Crippen molar-refractivity contribution in [3.63, 3.8) is 0 Å². The number of rotatable bonds is 5. The van der Waals surface area contributed by atoms with Crippen LogP contribution in [0.25, 0.3) is 0 Å². The molecule has 2 rings (SSSR count). The Morgan fingerprint density at radius 2 is 2.15 bits per heavy atom. The minimum Gasteiger partial charge on any atom is -0.330 e. The predicted molar refractivity (Wildman–Crippen MR) is 76.9 cm³/mol. The van der Waals surface area contributed by atoms with E-state index >= 15 is 0 Å². The highest BCUT2D eigenvalue weighted by atomic mass is 35.5. The highest BCUT2D eigenvalue weighted by molar-refractivity contribution is 6.32. The Morgan fingerprint density at radius 3 is 2.85 bits per heavy atom. The molecule has 3 N–H and O–H groups in total. The molecule has 1 heterocycles. The fourth-order valence-electron chi connectivity index (χ4n) is 1.82. The first-order chi connectivity index (χ1) is 9.65. The second kappa shape index (κ2) is 6.49. The topological polar surface area (TPSA) is 75.0 Å². The summed E-state index contributed by atoms with van der Waals surface area (Å²) in [5, 5.41) is -0.0761. The van der Waals surface area contributed by atoms with Gasteiger partial charge in [0.2, 0.25) is 0 Å². The summed E-state index contributed by atoms with van der Waals surface area (Å²) in [6, 6.07) is 6.23. The van der Waals surface area contributed by atoms with Gasteiger partial charge in [0.25, 0.3) is 5.56 Å². The largest absolute Gasteiger partial charge is 0.330 e. The van der Waals surface area contributed by atoms with E-state index in [1.807, 2.05) is 0 Å². The van der Waals surface area contributed by atoms with Gasteiger partial charge in [-0.1, -0.05) is 23.7 Å². The van der Waals surface area contributed by atoms with E-state index in [4.69, 9.17) is 17.3 Å². The molecule has 0 fully saturated rings. The third kappa shape index (κ3) is 2.97. The second-order valence-electron chi connectivity index (χ2n) is 4.11. The first-order valence-corrected chi connectivity index (χ1v) is 6.48. The molecule has 2 aromatic rings. The number of nitrogens with one attached hydrogen (secondary N) is 1. The molecule has 0 atom stereocenters. The maximum atomic E-state index is 14.0. The van der Waals surface area contributed by atoms with Crippen molar-refractivity contribution in [2.24, 2.45) is 5.73 Å². The number of H-pyrrole nitrogens is 1. The molecule has 1 aromatic heterocycles. The summed E-state index contributed by atoms with van der Waals surface area (Å²) in [5.74, 6) is -0.198. The van der Waals surface area contributed by atoms with Crippen LogP contribution in [0.3, 0.4) is 0 Å². The molecule has 0 bridgehead atoms. The zero-order valence-corrected chi connectivity index (χ0v) is 11.4. The number of aromatic nitrogens is 2. The fourth-order valence-corrected chi connectivity index (χ4v) is 2.03. The number of halogens is 2. The van der Waals surface area contributed by atoms with Gasteiger partial charge in [-0.2, -0.15) is 0 Å². The number of nitrogens with two attached hydrogens (primary N) is 1. The van der Waals surface area contributed by atoms with E-state index in [0.29, 0.717) is 25.2 Å². The lowest BCUT2D eigenvalue weighted by Gasteiger charge is -2.24. The highest BCUT2D eigenvalue weighted by Crippen LogP contribution is 2.29. The molecule has 0 aliphatic heterocycles. The summed E-state index contributed by atoms with van der Waals surface area (Å²) in [7, 11) is 0. The fraction of sp³-hybridized carbons (Fsp3) is 0.231. The van der Waals surface area contributed by atoms with Crippen molar-refractivity contribution < 1.29 is 4.39 Å². The van der Waals surface area contributed by atoms with Crippen LogP contribution in [0.4, 0.5) is 15.9 Å². The Hall–Kier alpha value is -1.92. The molecule has 0 aliphatic carbocycles. The van der Waals surface area contributed by atoms with Gasteiger partial charge in [0.05, 0.1) is 12.0 Å². The van der Waals surface area contributed by atoms with Crippen LogP contribution < -0.4 is 16.2 Å². The van der Waals surface area contributed by atoms with Crippen molar-refractivity contribution >= 4 is 23.1 Å². The van der Waals surface area contributed by atoms with E-state index in [-0.39, 0.29) is 10.8 Å². The van der Waals surface area contributed by atoms with E-state index in [1.165, 1.54) is 12.4 Å². The number of nitrogens with zero attached hydrogens (tertiary/aromatic N) is 2. The molecule has 5 nitrogen and oxygen atoms in total. The number of para-hydroxylation sites is 1. The maximum absolute atomic E-state index is 14.0. The molecular formula is C13H14ClFN4O. The molecule has 0 aliphatic rings. The maximum Gasteiger partial charge on any atom is 0.271 e. The van der Waals surface area contributed by atoms with Crippen LogP contribution in [0.1, 0.15) is 6.42 Å². The van der Waals surface area contributed by atoms with Gasteiger partial charge in [-0.15, -0.1) is 0 Å². The molecule has 0 unspecified atom stereocenters. The average Bonchev–Trinajstić information content (AvgIpc) is 2.45. The quantitative estimate of drug-likeness (QED) is 0.885. The molecule has 0 saturated heterocycles. The van der Waals surface area contributed by atoms with Crippen molar-refractivity contribution in [1.29, 1.82) is 0 Å². The Kier molecular flexibility index (Phi) is 4.70. The third-order valence-electron chi connectivity index (χ3n) is 2.76. The second-order valence-corrected chi connectivity index (χ2v) is 4.49. The molecule has 0 saturated carbocycles. The summed E-state index contributed by atoms with van der Waals surface area (Å²) in [6.07, 6.45) is 1.85. The molecule has 7 heteroatoms. The smallest absolute Gasteiger partial charge is 0.271 e. The van der Waals surface area contributed by atoms with Gasteiger partial charge >= 0.3 is 0 Å². The van der Waals surface area contributed by atoms with E-state index < -0.39 is 11.4 Å². The number of anilines is 2. The van der Waals surface area contributed by atoms with Gasteiger partial charge in [-0.3, -0.25) is 4.79 Å². The Morgan fingerprint density at radius 1 is 1.40 bits per heavy atom. The van der Waals surface area contributed by atoms with Gasteiger partial charge < -0.3 is 15.6 Å². The normalized spacial score (nSPS) is 10.6. The Labute approximate surface area is 120 Å². The molecule has 0 amide bonds. The van der Waals surface area contributed by atoms with Gasteiger partial charge in [-0.05, 0) is 25.1 Å². The van der Waals surface area contributed by atoms with Crippen molar-refractivity contribution in [1.82, 2.24) is 9.97 Å². The van der Waals surface area contributed by atoms with Crippen molar-refractivity contribution in [2.75, 3.05) is 18.0 Å². The molecule has 0 spiro atoms. The standard InChI is InChI=1S/C13H14ClFN4O/c14-11-12(17-8-18-13(11)20)19(7-3-6-16)10-5-2-1-4-9(10)15/h1-2,4-5,8H,3,6-7,16H2,(H,17,18,20). The minimum absolute atomic E-state index is 0.0761. The monoisotopic (exact) mass is 296 g/mol. The zero-order chi connectivity index (χ0) is 14.5. The predicted octanol–water partition coefficient (Wildman–Crippen LogP) is 2.05. The SMILES string of the molecule is NCCCN(c1ccccc1F)c1nc[nH]c(=O)c1Cl. The lowest BCUT2D eigenvalue weighted by molar-refractivity contribution is 0.622. The van der Waals surface area contributed by atoms with Crippen molar-refractivity contribution in [2.45, 2.75) is 6.42 Å². The van der Waals surface area contributed by atoms with Crippen LogP contribution in [0.2, 0.25) is 5.02 Å². The van der Waals surface area contributed by atoms with Crippen molar-refractivity contribution in [3.05, 3.63) is 51.8 Å². The molecule has 1 aromatic carbocycles. The lowest BCUT2D eigenvalue weighted by atomic mass is 10.2. The van der Waals surface area contributed by atoms with Crippen molar-refractivity contribution in [3.8, 4) is 0 Å². The third-order valence-corrected chi connectivity index (χ3v) is 3.10. The van der Waals surface area contributed by atoms with Gasteiger partial charge in [0, 0.05) is 6.54 Å². The first kappa shape index (κ1) is 14.5. The van der Waals surface area contributed by atoms with Crippen LogP contribution in [-0.4, -0.2) is 23.1 Å². The summed E-state index contributed by atoms with van der Waals surface area (Å²) < 4.78 is 14.0. The van der Waals surface area contributed by atoms with E-state index in [2.05, 4.69) is 9.97 Å². The Balaban J connectivity index is 2.50. The van der Waals surface area contributed by atoms with Crippen LogP contribution in [0.15, 0.2) is 35.4 Å². The van der Waals surface area contributed by atoms with E-state index in [9.17, 15) is 9.18 Å². The van der Waals surface area contributed by atoms with Crippen LogP contribution >= 0.6 is 11.6 Å². The van der Waals surface area contributed by atoms with E-state index in [0.717, 1.165) is 0 Å². The lowest BCUT2D eigenvalue weighted by Crippen LogP contribution is -2.25. The first-order valence-electron chi connectivity index (χ1n) is 6.10.